The van der Waals surface area contributed by atoms with Crippen molar-refractivity contribution in [3.63, 3.8) is 0 Å². The van der Waals surface area contributed by atoms with Crippen molar-refractivity contribution in [1.29, 1.82) is 0 Å². The van der Waals surface area contributed by atoms with E-state index >= 15 is 0 Å². The van der Waals surface area contributed by atoms with E-state index in [0.29, 0.717) is 0 Å². The molecule has 3 N–H and O–H groups in total. The van der Waals surface area contributed by atoms with E-state index in [0.717, 1.165) is 12.1 Å². The zero-order valence-corrected chi connectivity index (χ0v) is 8.54. The van der Waals surface area contributed by atoms with E-state index in [1.165, 1.54) is 6.07 Å². The molecule has 3 nitrogen and oxygen atoms in total. The van der Waals surface area contributed by atoms with Gasteiger partial charge in [0.25, 0.3) is 0 Å². The molecule has 1 unspecified atom stereocenters. The highest BCUT2D eigenvalue weighted by molar-refractivity contribution is 5.39. The van der Waals surface area contributed by atoms with E-state index in [1.807, 2.05) is 0 Å². The lowest BCUT2D eigenvalue weighted by Gasteiger charge is -2.14. The van der Waals surface area contributed by atoms with Gasteiger partial charge in [0, 0.05) is 6.54 Å². The van der Waals surface area contributed by atoms with Gasteiger partial charge in [0.2, 0.25) is 0 Å². The summed E-state index contributed by atoms with van der Waals surface area (Å²) in [5, 5.41) is 21.2. The van der Waals surface area contributed by atoms with Crippen molar-refractivity contribution in [2.75, 3.05) is 13.6 Å². The normalized spacial score (nSPS) is 13.8. The van der Waals surface area contributed by atoms with Crippen LogP contribution in [0.25, 0.3) is 0 Å². The molecule has 1 rings (SSSR count). The van der Waals surface area contributed by atoms with Crippen LogP contribution in [0.5, 0.6) is 5.75 Å². The summed E-state index contributed by atoms with van der Waals surface area (Å²) >= 11 is 0. The molecule has 16 heavy (non-hydrogen) atoms. The van der Waals surface area contributed by atoms with Gasteiger partial charge in [0.1, 0.15) is 5.75 Å². The smallest absolute Gasteiger partial charge is 0.419 e. The molecule has 6 heteroatoms. The maximum absolute atomic E-state index is 12.4. The SMILES string of the molecule is CNCC(O)c1ccc(O)c(C(F)(F)F)c1. The van der Waals surface area contributed by atoms with Crippen molar-refractivity contribution in [3.05, 3.63) is 29.3 Å². The molecule has 0 fully saturated rings. The largest absolute Gasteiger partial charge is 0.507 e. The minimum absolute atomic E-state index is 0.111. The van der Waals surface area contributed by atoms with E-state index in [-0.39, 0.29) is 12.1 Å². The molecule has 1 aromatic carbocycles. The second-order valence-electron chi connectivity index (χ2n) is 3.35. The fourth-order valence-electron chi connectivity index (χ4n) is 1.30. The molecule has 0 aliphatic heterocycles. The fraction of sp³-hybridized carbons (Fsp3) is 0.400. The number of aliphatic hydroxyl groups is 1. The topological polar surface area (TPSA) is 52.5 Å². The molecule has 0 heterocycles. The molecule has 1 aromatic rings. The number of phenolic OH excluding ortho intramolecular Hbond substituents is 1. The highest BCUT2D eigenvalue weighted by Crippen LogP contribution is 2.36. The zero-order chi connectivity index (χ0) is 12.3. The van der Waals surface area contributed by atoms with Crippen molar-refractivity contribution in [2.24, 2.45) is 0 Å². The van der Waals surface area contributed by atoms with E-state index in [2.05, 4.69) is 5.32 Å². The Balaban J connectivity index is 3.07. The Morgan fingerprint density at radius 2 is 2.00 bits per heavy atom. The summed E-state index contributed by atoms with van der Waals surface area (Å²) in [6.07, 6.45) is -5.66. The molecule has 0 amide bonds. The molecule has 90 valence electrons. The molecular weight excluding hydrogens is 223 g/mol. The highest BCUT2D eigenvalue weighted by atomic mass is 19.4. The van der Waals surface area contributed by atoms with Crippen LogP contribution in [0.2, 0.25) is 0 Å². The van der Waals surface area contributed by atoms with Gasteiger partial charge in [-0.1, -0.05) is 6.07 Å². The minimum atomic E-state index is -4.63. The first-order valence-electron chi connectivity index (χ1n) is 4.59. The molecule has 0 spiro atoms. The van der Waals surface area contributed by atoms with Crippen LogP contribution in [-0.4, -0.2) is 23.8 Å². The van der Waals surface area contributed by atoms with Crippen molar-refractivity contribution < 1.29 is 23.4 Å². The first-order chi connectivity index (χ1) is 7.36. The van der Waals surface area contributed by atoms with Gasteiger partial charge in [-0.05, 0) is 24.7 Å². The van der Waals surface area contributed by atoms with Crippen molar-refractivity contribution in [2.45, 2.75) is 12.3 Å². The Kier molecular flexibility index (Phi) is 3.77. The molecule has 0 aliphatic rings. The van der Waals surface area contributed by atoms with E-state index in [4.69, 9.17) is 5.11 Å². The third kappa shape index (κ3) is 2.86. The lowest BCUT2D eigenvalue weighted by Crippen LogP contribution is -2.17. The predicted molar refractivity (Wildman–Crippen MR) is 52.0 cm³/mol. The number of hydrogen-bond acceptors (Lipinski definition) is 3. The van der Waals surface area contributed by atoms with Crippen LogP contribution in [0, 0.1) is 0 Å². The summed E-state index contributed by atoms with van der Waals surface area (Å²) in [5.74, 6) is -0.840. The fourth-order valence-corrected chi connectivity index (χ4v) is 1.30. The molecule has 0 radical (unpaired) electrons. The number of benzene rings is 1. The van der Waals surface area contributed by atoms with Crippen LogP contribution in [0.3, 0.4) is 0 Å². The van der Waals surface area contributed by atoms with Gasteiger partial charge in [-0.2, -0.15) is 13.2 Å². The average molecular weight is 235 g/mol. The van der Waals surface area contributed by atoms with Crippen molar-refractivity contribution in [1.82, 2.24) is 5.32 Å². The van der Waals surface area contributed by atoms with Crippen LogP contribution < -0.4 is 5.32 Å². The molecule has 0 saturated heterocycles. The van der Waals surface area contributed by atoms with E-state index < -0.39 is 23.6 Å². The molecular formula is C10H12F3NO2. The lowest BCUT2D eigenvalue weighted by molar-refractivity contribution is -0.138. The second kappa shape index (κ2) is 4.71. The average Bonchev–Trinajstić information content (AvgIpc) is 2.16. The lowest BCUT2D eigenvalue weighted by atomic mass is 10.0. The van der Waals surface area contributed by atoms with Gasteiger partial charge < -0.3 is 15.5 Å². The predicted octanol–water partition coefficient (Wildman–Crippen LogP) is 1.66. The number of alkyl halides is 3. The van der Waals surface area contributed by atoms with Crippen LogP contribution >= 0.6 is 0 Å². The zero-order valence-electron chi connectivity index (χ0n) is 8.54. The Labute approximate surface area is 90.5 Å². The maximum Gasteiger partial charge on any atom is 0.419 e. The summed E-state index contributed by atoms with van der Waals surface area (Å²) in [6.45, 7) is 0.141. The minimum Gasteiger partial charge on any atom is -0.507 e. The number of nitrogens with one attached hydrogen (secondary N) is 1. The number of halogens is 3. The van der Waals surface area contributed by atoms with Crippen molar-refractivity contribution in [3.8, 4) is 5.75 Å². The second-order valence-corrected chi connectivity index (χ2v) is 3.35. The van der Waals surface area contributed by atoms with Crippen LogP contribution in [0.1, 0.15) is 17.2 Å². The Bertz CT molecular complexity index is 366. The molecule has 0 saturated carbocycles. The summed E-state index contributed by atoms with van der Waals surface area (Å²) in [6, 6.07) is 2.93. The summed E-state index contributed by atoms with van der Waals surface area (Å²) in [7, 11) is 1.58. The molecule has 0 bridgehead atoms. The number of aromatic hydroxyl groups is 1. The summed E-state index contributed by atoms with van der Waals surface area (Å²) in [4.78, 5) is 0. The first-order valence-corrected chi connectivity index (χ1v) is 4.59. The Morgan fingerprint density at radius 3 is 2.50 bits per heavy atom. The van der Waals surface area contributed by atoms with Gasteiger partial charge in [0.05, 0.1) is 11.7 Å². The first kappa shape index (κ1) is 12.8. The van der Waals surface area contributed by atoms with Gasteiger partial charge in [-0.3, -0.25) is 0 Å². The Morgan fingerprint density at radius 1 is 1.38 bits per heavy atom. The number of rotatable bonds is 3. The van der Waals surface area contributed by atoms with E-state index in [1.54, 1.807) is 7.05 Å². The van der Waals surface area contributed by atoms with Crippen LogP contribution in [-0.2, 0) is 6.18 Å². The Hall–Kier alpha value is -1.27. The number of phenols is 1. The van der Waals surface area contributed by atoms with Gasteiger partial charge in [-0.15, -0.1) is 0 Å². The van der Waals surface area contributed by atoms with Crippen LogP contribution in [0.4, 0.5) is 13.2 Å². The van der Waals surface area contributed by atoms with Crippen molar-refractivity contribution >= 4 is 0 Å². The number of aliphatic hydroxyl groups excluding tert-OH is 1. The molecule has 1 atom stereocenters. The monoisotopic (exact) mass is 235 g/mol. The highest BCUT2D eigenvalue weighted by Gasteiger charge is 2.34. The van der Waals surface area contributed by atoms with E-state index in [9.17, 15) is 18.3 Å². The van der Waals surface area contributed by atoms with Crippen LogP contribution in [0.15, 0.2) is 18.2 Å². The maximum atomic E-state index is 12.4. The third-order valence-electron chi connectivity index (χ3n) is 2.11. The third-order valence-corrected chi connectivity index (χ3v) is 2.11. The van der Waals surface area contributed by atoms with Gasteiger partial charge >= 0.3 is 6.18 Å². The standard InChI is InChI=1S/C10H12F3NO2/c1-14-5-9(16)6-2-3-8(15)7(4-6)10(11,12)13/h2-4,9,14-16H,5H2,1H3. The van der Waals surface area contributed by atoms with Gasteiger partial charge in [0.15, 0.2) is 0 Å². The number of likely N-dealkylation sites (N-methyl/N-ethyl adjacent to an activating group) is 1. The molecule has 0 aliphatic carbocycles. The molecule has 0 aromatic heterocycles. The summed E-state index contributed by atoms with van der Waals surface area (Å²) < 4.78 is 37.3. The summed E-state index contributed by atoms with van der Waals surface area (Å²) in [5.41, 5.74) is -1.03. The van der Waals surface area contributed by atoms with Gasteiger partial charge in [-0.25, -0.2) is 0 Å². The number of hydrogen-bond donors (Lipinski definition) is 3. The quantitative estimate of drug-likeness (QED) is 0.746.